The molecule has 0 aliphatic rings. The molecular formula is C25H28ClNO2. The van der Waals surface area contributed by atoms with E-state index in [1.165, 1.54) is 16.7 Å². The van der Waals surface area contributed by atoms with E-state index in [0.717, 1.165) is 17.7 Å². The zero-order chi connectivity index (χ0) is 20.6. The van der Waals surface area contributed by atoms with Gasteiger partial charge in [-0.05, 0) is 55.2 Å². The first-order valence-electron chi connectivity index (χ1n) is 9.95. The monoisotopic (exact) mass is 409 g/mol. The molecule has 3 aromatic carbocycles. The summed E-state index contributed by atoms with van der Waals surface area (Å²) in [5, 5.41) is 4.03. The van der Waals surface area contributed by atoms with Crippen LogP contribution in [0.25, 0.3) is 0 Å². The molecule has 0 aromatic heterocycles. The maximum absolute atomic E-state index is 6.56. The topological polar surface area (TPSA) is 30.5 Å². The van der Waals surface area contributed by atoms with Crippen LogP contribution < -0.4 is 14.8 Å². The van der Waals surface area contributed by atoms with Crippen molar-refractivity contribution in [3.63, 3.8) is 0 Å². The standard InChI is InChI=1S/C25H28ClNO2/c1-4-28-24-14-21(16-27-15-20-11-9-18(2)10-12-20)13-23(26)25(24)29-17-22-8-6-5-7-19(22)3/h5-14,27H,4,15-17H2,1-3H3. The van der Waals surface area contributed by atoms with E-state index < -0.39 is 0 Å². The van der Waals surface area contributed by atoms with E-state index in [4.69, 9.17) is 21.1 Å². The Balaban J connectivity index is 1.68. The van der Waals surface area contributed by atoms with E-state index >= 15 is 0 Å². The average molecular weight is 410 g/mol. The number of hydrogen-bond donors (Lipinski definition) is 1. The summed E-state index contributed by atoms with van der Waals surface area (Å²) in [5.41, 5.74) is 5.91. The van der Waals surface area contributed by atoms with E-state index in [0.29, 0.717) is 36.3 Å². The summed E-state index contributed by atoms with van der Waals surface area (Å²) in [6.45, 7) is 8.64. The van der Waals surface area contributed by atoms with Gasteiger partial charge in [-0.15, -0.1) is 0 Å². The lowest BCUT2D eigenvalue weighted by Crippen LogP contribution is -2.13. The Morgan fingerprint density at radius 3 is 2.31 bits per heavy atom. The molecule has 0 unspecified atom stereocenters. The molecule has 152 valence electrons. The van der Waals surface area contributed by atoms with Gasteiger partial charge in [0.05, 0.1) is 11.6 Å². The van der Waals surface area contributed by atoms with Gasteiger partial charge in [0.15, 0.2) is 11.5 Å². The lowest BCUT2D eigenvalue weighted by molar-refractivity contribution is 0.268. The highest BCUT2D eigenvalue weighted by molar-refractivity contribution is 6.32. The highest BCUT2D eigenvalue weighted by atomic mass is 35.5. The molecule has 0 bridgehead atoms. The minimum absolute atomic E-state index is 0.456. The van der Waals surface area contributed by atoms with Crippen molar-refractivity contribution in [2.24, 2.45) is 0 Å². The molecule has 0 fully saturated rings. The molecule has 0 atom stereocenters. The third kappa shape index (κ3) is 5.99. The van der Waals surface area contributed by atoms with Crippen LogP contribution in [0.3, 0.4) is 0 Å². The third-order valence-electron chi connectivity index (χ3n) is 4.78. The smallest absolute Gasteiger partial charge is 0.180 e. The summed E-state index contributed by atoms with van der Waals surface area (Å²) < 4.78 is 11.9. The molecule has 4 heteroatoms. The number of benzene rings is 3. The number of rotatable bonds is 9. The van der Waals surface area contributed by atoms with E-state index in [9.17, 15) is 0 Å². The average Bonchev–Trinajstić information content (AvgIpc) is 2.70. The van der Waals surface area contributed by atoms with Crippen molar-refractivity contribution in [1.82, 2.24) is 5.32 Å². The molecule has 0 amide bonds. The van der Waals surface area contributed by atoms with Crippen molar-refractivity contribution >= 4 is 11.6 Å². The minimum atomic E-state index is 0.456. The molecule has 3 nitrogen and oxygen atoms in total. The first kappa shape index (κ1) is 21.2. The molecule has 0 saturated carbocycles. The fourth-order valence-electron chi connectivity index (χ4n) is 3.11. The van der Waals surface area contributed by atoms with E-state index in [-0.39, 0.29) is 0 Å². The van der Waals surface area contributed by atoms with Crippen LogP contribution in [0.1, 0.15) is 34.7 Å². The maximum Gasteiger partial charge on any atom is 0.180 e. The van der Waals surface area contributed by atoms with Gasteiger partial charge in [0.1, 0.15) is 6.61 Å². The molecule has 0 spiro atoms. The van der Waals surface area contributed by atoms with Crippen molar-refractivity contribution in [3.8, 4) is 11.5 Å². The van der Waals surface area contributed by atoms with Crippen molar-refractivity contribution in [2.75, 3.05) is 6.61 Å². The summed E-state index contributed by atoms with van der Waals surface area (Å²) >= 11 is 6.56. The molecule has 29 heavy (non-hydrogen) atoms. The van der Waals surface area contributed by atoms with Crippen molar-refractivity contribution < 1.29 is 9.47 Å². The number of halogens is 1. The van der Waals surface area contributed by atoms with Crippen LogP contribution in [0.15, 0.2) is 60.7 Å². The summed E-state index contributed by atoms with van der Waals surface area (Å²) in [6.07, 6.45) is 0. The summed E-state index contributed by atoms with van der Waals surface area (Å²) in [5.74, 6) is 1.28. The zero-order valence-electron chi connectivity index (χ0n) is 17.3. The SMILES string of the molecule is CCOc1cc(CNCc2ccc(C)cc2)cc(Cl)c1OCc1ccccc1C. The Morgan fingerprint density at radius 2 is 1.59 bits per heavy atom. The van der Waals surface area contributed by atoms with Gasteiger partial charge >= 0.3 is 0 Å². The number of nitrogens with one attached hydrogen (secondary N) is 1. The molecule has 0 aliphatic carbocycles. The molecule has 3 rings (SSSR count). The second-order valence-corrected chi connectivity index (χ2v) is 7.55. The Kier molecular flexibility index (Phi) is 7.56. The normalized spacial score (nSPS) is 10.8. The lowest BCUT2D eigenvalue weighted by Gasteiger charge is -2.16. The van der Waals surface area contributed by atoms with Gasteiger partial charge < -0.3 is 14.8 Å². The zero-order valence-corrected chi connectivity index (χ0v) is 18.1. The van der Waals surface area contributed by atoms with Crippen LogP contribution >= 0.6 is 11.6 Å². The van der Waals surface area contributed by atoms with Crippen LogP contribution in [0.2, 0.25) is 5.02 Å². The van der Waals surface area contributed by atoms with Gasteiger partial charge in [0, 0.05) is 13.1 Å². The molecule has 0 aliphatic heterocycles. The Hall–Kier alpha value is -2.49. The van der Waals surface area contributed by atoms with Gasteiger partial charge in [-0.3, -0.25) is 0 Å². The van der Waals surface area contributed by atoms with Crippen LogP contribution in [-0.4, -0.2) is 6.61 Å². The summed E-state index contributed by atoms with van der Waals surface area (Å²) in [7, 11) is 0. The highest BCUT2D eigenvalue weighted by Crippen LogP contribution is 2.37. The number of aryl methyl sites for hydroxylation is 2. The van der Waals surface area contributed by atoms with E-state index in [2.05, 4.69) is 55.6 Å². The van der Waals surface area contributed by atoms with Crippen LogP contribution in [0.5, 0.6) is 11.5 Å². The fraction of sp³-hybridized carbons (Fsp3) is 0.280. The first-order valence-corrected chi connectivity index (χ1v) is 10.3. The summed E-state index contributed by atoms with van der Waals surface area (Å²) in [4.78, 5) is 0. The third-order valence-corrected chi connectivity index (χ3v) is 5.06. The predicted octanol–water partition coefficient (Wildman–Crippen LogP) is 6.22. The van der Waals surface area contributed by atoms with Crippen LogP contribution in [0, 0.1) is 13.8 Å². The molecular weight excluding hydrogens is 382 g/mol. The lowest BCUT2D eigenvalue weighted by atomic mass is 10.1. The second kappa shape index (κ2) is 10.3. The Bertz CT molecular complexity index is 938. The van der Waals surface area contributed by atoms with Gasteiger partial charge in [0.25, 0.3) is 0 Å². The van der Waals surface area contributed by atoms with Gasteiger partial charge in [0.2, 0.25) is 0 Å². The van der Waals surface area contributed by atoms with E-state index in [1.807, 2.05) is 31.2 Å². The van der Waals surface area contributed by atoms with Crippen LogP contribution in [-0.2, 0) is 19.7 Å². The molecule has 0 heterocycles. The predicted molar refractivity (Wildman–Crippen MR) is 120 cm³/mol. The highest BCUT2D eigenvalue weighted by Gasteiger charge is 2.13. The van der Waals surface area contributed by atoms with Crippen molar-refractivity contribution in [2.45, 2.75) is 40.5 Å². The molecule has 1 N–H and O–H groups in total. The number of hydrogen-bond acceptors (Lipinski definition) is 3. The largest absolute Gasteiger partial charge is 0.490 e. The van der Waals surface area contributed by atoms with E-state index in [1.54, 1.807) is 0 Å². The van der Waals surface area contributed by atoms with Crippen LogP contribution in [0.4, 0.5) is 0 Å². The molecule has 3 aromatic rings. The van der Waals surface area contributed by atoms with Crippen molar-refractivity contribution in [1.29, 1.82) is 0 Å². The minimum Gasteiger partial charge on any atom is -0.490 e. The Labute approximate surface area is 178 Å². The quantitative estimate of drug-likeness (QED) is 0.454. The van der Waals surface area contributed by atoms with Gasteiger partial charge in [-0.25, -0.2) is 0 Å². The second-order valence-electron chi connectivity index (χ2n) is 7.14. The molecule has 0 saturated heterocycles. The molecule has 0 radical (unpaired) electrons. The Morgan fingerprint density at radius 1 is 0.862 bits per heavy atom. The van der Waals surface area contributed by atoms with Gasteiger partial charge in [-0.1, -0.05) is 65.7 Å². The summed E-state index contributed by atoms with van der Waals surface area (Å²) in [6, 6.07) is 20.7. The van der Waals surface area contributed by atoms with Gasteiger partial charge in [-0.2, -0.15) is 0 Å². The first-order chi connectivity index (χ1) is 14.1. The fourth-order valence-corrected chi connectivity index (χ4v) is 3.39. The van der Waals surface area contributed by atoms with Crippen molar-refractivity contribution in [3.05, 3.63) is 93.5 Å². The number of ether oxygens (including phenoxy) is 2. The maximum atomic E-state index is 6.56.